The average molecular weight is 125 g/mol. The summed E-state index contributed by atoms with van der Waals surface area (Å²) < 4.78 is 0. The number of aldehydes is 1. The molecule has 1 saturated carbocycles. The first-order valence-corrected chi connectivity index (χ1v) is 3.61. The molecule has 0 spiro atoms. The Kier molecular flexibility index (Phi) is 2.26. The van der Waals surface area contributed by atoms with Gasteiger partial charge in [-0.1, -0.05) is 6.92 Å². The zero-order chi connectivity index (χ0) is 6.69. The molecule has 51 valence electrons. The molecule has 0 unspecified atom stereocenters. The molecule has 0 aromatic heterocycles. The van der Waals surface area contributed by atoms with E-state index >= 15 is 0 Å². The summed E-state index contributed by atoms with van der Waals surface area (Å²) >= 11 is 0. The second-order valence-electron chi connectivity index (χ2n) is 2.92. The predicted octanol–water partition coefficient (Wildman–Crippen LogP) is 1.83. The van der Waals surface area contributed by atoms with Gasteiger partial charge in [0.1, 0.15) is 6.29 Å². The lowest BCUT2D eigenvalue weighted by atomic mass is 9.84. The van der Waals surface area contributed by atoms with Gasteiger partial charge < -0.3 is 4.79 Å². The SMILES string of the molecule is [CH2]C1CCC(C=O)CC1. The fraction of sp³-hybridized carbons (Fsp3) is 0.750. The van der Waals surface area contributed by atoms with Gasteiger partial charge in [0.2, 0.25) is 0 Å². The predicted molar refractivity (Wildman–Crippen MR) is 36.9 cm³/mol. The molecule has 0 aromatic rings. The third kappa shape index (κ3) is 1.81. The average Bonchev–Trinajstić information content (AvgIpc) is 1.90. The zero-order valence-corrected chi connectivity index (χ0v) is 5.68. The second kappa shape index (κ2) is 3.00. The van der Waals surface area contributed by atoms with Crippen molar-refractivity contribution in [1.82, 2.24) is 0 Å². The first-order valence-electron chi connectivity index (χ1n) is 3.61. The third-order valence-corrected chi connectivity index (χ3v) is 2.08. The molecule has 0 atom stereocenters. The Balaban J connectivity index is 2.26. The van der Waals surface area contributed by atoms with E-state index in [-0.39, 0.29) is 0 Å². The van der Waals surface area contributed by atoms with E-state index in [1.807, 2.05) is 0 Å². The van der Waals surface area contributed by atoms with Crippen LogP contribution in [0.3, 0.4) is 0 Å². The molecule has 0 aromatic carbocycles. The van der Waals surface area contributed by atoms with Crippen LogP contribution in [0.1, 0.15) is 25.7 Å². The van der Waals surface area contributed by atoms with Gasteiger partial charge in [-0.25, -0.2) is 0 Å². The summed E-state index contributed by atoms with van der Waals surface area (Å²) in [6.45, 7) is 3.95. The lowest BCUT2D eigenvalue weighted by Gasteiger charge is -2.21. The van der Waals surface area contributed by atoms with Gasteiger partial charge in [-0.05, 0) is 31.6 Å². The van der Waals surface area contributed by atoms with Gasteiger partial charge >= 0.3 is 0 Å². The van der Waals surface area contributed by atoms with E-state index in [1.165, 1.54) is 0 Å². The number of carbonyl (C=O) groups excluding carboxylic acids is 1. The van der Waals surface area contributed by atoms with Crippen LogP contribution in [0.4, 0.5) is 0 Å². The van der Waals surface area contributed by atoms with Crippen LogP contribution in [0.25, 0.3) is 0 Å². The van der Waals surface area contributed by atoms with Gasteiger partial charge in [-0.3, -0.25) is 0 Å². The molecular weight excluding hydrogens is 112 g/mol. The number of rotatable bonds is 1. The molecule has 1 aliphatic carbocycles. The molecule has 0 N–H and O–H groups in total. The van der Waals surface area contributed by atoms with Gasteiger partial charge in [0.05, 0.1) is 0 Å². The summed E-state index contributed by atoms with van der Waals surface area (Å²) in [5.41, 5.74) is 0. The van der Waals surface area contributed by atoms with Crippen LogP contribution in [0.2, 0.25) is 0 Å². The minimum atomic E-state index is 0.350. The smallest absolute Gasteiger partial charge is 0.123 e. The maximum atomic E-state index is 10.2. The molecule has 9 heavy (non-hydrogen) atoms. The van der Waals surface area contributed by atoms with E-state index in [0.717, 1.165) is 32.0 Å². The summed E-state index contributed by atoms with van der Waals surface area (Å²) in [7, 11) is 0. The van der Waals surface area contributed by atoms with Crippen molar-refractivity contribution in [2.45, 2.75) is 25.7 Å². The summed E-state index contributed by atoms with van der Waals surface area (Å²) in [5.74, 6) is 0.962. The van der Waals surface area contributed by atoms with Crippen molar-refractivity contribution in [1.29, 1.82) is 0 Å². The van der Waals surface area contributed by atoms with Gasteiger partial charge in [0.15, 0.2) is 0 Å². The molecule has 1 radical (unpaired) electrons. The first-order chi connectivity index (χ1) is 4.33. The quantitative estimate of drug-likeness (QED) is 0.488. The van der Waals surface area contributed by atoms with E-state index < -0.39 is 0 Å². The summed E-state index contributed by atoms with van der Waals surface area (Å²) in [6.07, 6.45) is 5.51. The van der Waals surface area contributed by atoms with Crippen molar-refractivity contribution in [3.8, 4) is 0 Å². The topological polar surface area (TPSA) is 17.1 Å². The Labute approximate surface area is 56.4 Å². The number of carbonyl (C=O) groups is 1. The summed E-state index contributed by atoms with van der Waals surface area (Å²) in [4.78, 5) is 10.2. The van der Waals surface area contributed by atoms with Gasteiger partial charge in [0.25, 0.3) is 0 Å². The van der Waals surface area contributed by atoms with Crippen LogP contribution >= 0.6 is 0 Å². The fourth-order valence-electron chi connectivity index (χ4n) is 1.32. The molecular formula is C8H13O. The van der Waals surface area contributed by atoms with E-state index in [1.54, 1.807) is 0 Å². The molecule has 0 amide bonds. The van der Waals surface area contributed by atoms with E-state index in [2.05, 4.69) is 6.92 Å². The molecule has 0 bridgehead atoms. The van der Waals surface area contributed by atoms with Crippen molar-refractivity contribution in [3.05, 3.63) is 6.92 Å². The van der Waals surface area contributed by atoms with Crippen LogP contribution in [0.5, 0.6) is 0 Å². The molecule has 0 saturated heterocycles. The highest BCUT2D eigenvalue weighted by Gasteiger charge is 2.16. The Morgan fingerprint density at radius 1 is 1.22 bits per heavy atom. The standard InChI is InChI=1S/C8H13O/c1-7-2-4-8(6-9)5-3-7/h6-8H,1-5H2. The van der Waals surface area contributed by atoms with Crippen LogP contribution in [0.15, 0.2) is 0 Å². The minimum Gasteiger partial charge on any atom is -0.303 e. The van der Waals surface area contributed by atoms with Crippen LogP contribution in [-0.2, 0) is 4.79 Å². The molecule has 1 heteroatoms. The largest absolute Gasteiger partial charge is 0.303 e. The van der Waals surface area contributed by atoms with Crippen LogP contribution in [-0.4, -0.2) is 6.29 Å². The number of hydrogen-bond donors (Lipinski definition) is 0. The number of hydrogen-bond acceptors (Lipinski definition) is 1. The Bertz CT molecular complexity index is 90.7. The van der Waals surface area contributed by atoms with E-state index in [9.17, 15) is 4.79 Å². The highest BCUT2D eigenvalue weighted by molar-refractivity contribution is 5.53. The zero-order valence-electron chi connectivity index (χ0n) is 5.68. The van der Waals surface area contributed by atoms with Crippen molar-refractivity contribution < 1.29 is 4.79 Å². The molecule has 1 rings (SSSR count). The Morgan fingerprint density at radius 2 is 1.78 bits per heavy atom. The fourth-order valence-corrected chi connectivity index (χ4v) is 1.32. The highest BCUT2D eigenvalue weighted by Crippen LogP contribution is 2.26. The molecule has 1 fully saturated rings. The first kappa shape index (κ1) is 6.79. The van der Waals surface area contributed by atoms with Crippen molar-refractivity contribution in [3.63, 3.8) is 0 Å². The highest BCUT2D eigenvalue weighted by atomic mass is 16.1. The molecule has 1 nitrogen and oxygen atoms in total. The van der Waals surface area contributed by atoms with Gasteiger partial charge in [-0.15, -0.1) is 0 Å². The van der Waals surface area contributed by atoms with Gasteiger partial charge in [-0.2, -0.15) is 0 Å². The van der Waals surface area contributed by atoms with Crippen LogP contribution < -0.4 is 0 Å². The monoisotopic (exact) mass is 125 g/mol. The minimum absolute atomic E-state index is 0.350. The van der Waals surface area contributed by atoms with Crippen molar-refractivity contribution in [2.75, 3.05) is 0 Å². The summed E-state index contributed by atoms with van der Waals surface area (Å²) in [6, 6.07) is 0. The summed E-state index contributed by atoms with van der Waals surface area (Å²) in [5, 5.41) is 0. The van der Waals surface area contributed by atoms with Crippen molar-refractivity contribution in [2.24, 2.45) is 11.8 Å². The van der Waals surface area contributed by atoms with E-state index in [4.69, 9.17) is 0 Å². The Hall–Kier alpha value is -0.330. The lowest BCUT2D eigenvalue weighted by Crippen LogP contribution is -2.12. The van der Waals surface area contributed by atoms with Gasteiger partial charge in [0, 0.05) is 5.92 Å². The van der Waals surface area contributed by atoms with Crippen LogP contribution in [0, 0.1) is 18.8 Å². The van der Waals surface area contributed by atoms with Crippen molar-refractivity contribution >= 4 is 6.29 Å². The van der Waals surface area contributed by atoms with E-state index in [0.29, 0.717) is 11.8 Å². The molecule has 0 heterocycles. The third-order valence-electron chi connectivity index (χ3n) is 2.08. The normalized spacial score (nSPS) is 36.1. The lowest BCUT2D eigenvalue weighted by molar-refractivity contribution is -0.112. The molecule has 1 aliphatic rings. The molecule has 0 aliphatic heterocycles. The second-order valence-corrected chi connectivity index (χ2v) is 2.92. The Morgan fingerprint density at radius 3 is 2.22 bits per heavy atom. The maximum Gasteiger partial charge on any atom is 0.123 e. The maximum absolute atomic E-state index is 10.2.